The van der Waals surface area contributed by atoms with Crippen molar-refractivity contribution in [2.45, 2.75) is 37.9 Å². The zero-order valence-electron chi connectivity index (χ0n) is 18.5. The largest absolute Gasteiger partial charge is 0.468 e. The molecule has 1 aliphatic carbocycles. The van der Waals surface area contributed by atoms with E-state index in [-0.39, 0.29) is 25.7 Å². The first kappa shape index (κ1) is 24.0. The van der Waals surface area contributed by atoms with Crippen LogP contribution in [0.3, 0.4) is 0 Å². The summed E-state index contributed by atoms with van der Waals surface area (Å²) in [4.78, 5) is 50.7. The van der Waals surface area contributed by atoms with Crippen LogP contribution in [0.5, 0.6) is 0 Å². The van der Waals surface area contributed by atoms with Gasteiger partial charge in [-0.15, -0.1) is 0 Å². The SMILES string of the molecule is COC(=O)C1(C(=O)OC)CC[C@@H](OC(=O)c2ccccc2)[C@H](OC(=O)c2ccccc2)CC1. The molecule has 33 heavy (non-hydrogen) atoms. The smallest absolute Gasteiger partial charge is 0.338 e. The predicted octanol–water partition coefficient (Wildman–Crippen LogP) is 3.34. The minimum absolute atomic E-state index is 0.0124. The van der Waals surface area contributed by atoms with Gasteiger partial charge in [0, 0.05) is 0 Å². The molecule has 0 bridgehead atoms. The van der Waals surface area contributed by atoms with Crippen molar-refractivity contribution in [3.8, 4) is 0 Å². The van der Waals surface area contributed by atoms with Crippen LogP contribution in [0, 0.1) is 5.41 Å². The highest BCUT2D eigenvalue weighted by Crippen LogP contribution is 2.39. The standard InChI is InChI=1S/C25H26O8/c1-30-23(28)25(24(29)31-2)15-13-19(32-21(26)17-9-5-3-6-10-17)20(14-16-25)33-22(27)18-11-7-4-8-12-18/h3-12,19-20H,13-16H2,1-2H3/t19-,20-/m1/s1. The Hall–Kier alpha value is -3.68. The fourth-order valence-corrected chi connectivity index (χ4v) is 3.99. The average Bonchev–Trinajstić information content (AvgIpc) is 3.04. The first-order chi connectivity index (χ1) is 15.9. The van der Waals surface area contributed by atoms with Crippen molar-refractivity contribution in [3.05, 3.63) is 71.8 Å². The van der Waals surface area contributed by atoms with E-state index in [4.69, 9.17) is 18.9 Å². The van der Waals surface area contributed by atoms with Gasteiger partial charge in [0.1, 0.15) is 12.2 Å². The summed E-state index contributed by atoms with van der Waals surface area (Å²) < 4.78 is 21.2. The second-order valence-electron chi connectivity index (χ2n) is 7.76. The molecule has 1 fully saturated rings. The second-order valence-corrected chi connectivity index (χ2v) is 7.76. The lowest BCUT2D eigenvalue weighted by Crippen LogP contribution is -2.41. The Labute approximate surface area is 191 Å². The average molecular weight is 454 g/mol. The van der Waals surface area contributed by atoms with Crippen molar-refractivity contribution in [2.75, 3.05) is 14.2 Å². The Bertz CT molecular complexity index is 904. The Morgan fingerprint density at radius 1 is 0.667 bits per heavy atom. The van der Waals surface area contributed by atoms with Crippen LogP contribution >= 0.6 is 0 Å². The van der Waals surface area contributed by atoms with Gasteiger partial charge in [0.15, 0.2) is 5.41 Å². The van der Waals surface area contributed by atoms with Crippen molar-refractivity contribution in [1.82, 2.24) is 0 Å². The van der Waals surface area contributed by atoms with E-state index in [9.17, 15) is 19.2 Å². The zero-order chi connectivity index (χ0) is 23.8. The van der Waals surface area contributed by atoms with Crippen molar-refractivity contribution >= 4 is 23.9 Å². The Morgan fingerprint density at radius 3 is 1.36 bits per heavy atom. The lowest BCUT2D eigenvalue weighted by Gasteiger charge is -2.26. The third-order valence-corrected chi connectivity index (χ3v) is 5.81. The van der Waals surface area contributed by atoms with Gasteiger partial charge in [-0.25, -0.2) is 9.59 Å². The van der Waals surface area contributed by atoms with Crippen LogP contribution in [0.1, 0.15) is 46.4 Å². The molecule has 0 spiro atoms. The van der Waals surface area contributed by atoms with Gasteiger partial charge in [-0.2, -0.15) is 0 Å². The normalized spacial score (nSPS) is 19.5. The number of carbonyl (C=O) groups excluding carboxylic acids is 4. The van der Waals surface area contributed by atoms with Gasteiger partial charge in [0.05, 0.1) is 25.3 Å². The lowest BCUT2D eigenvalue weighted by molar-refractivity contribution is -0.170. The van der Waals surface area contributed by atoms with E-state index in [0.29, 0.717) is 11.1 Å². The summed E-state index contributed by atoms with van der Waals surface area (Å²) in [5.74, 6) is -2.66. The van der Waals surface area contributed by atoms with Crippen molar-refractivity contribution < 1.29 is 38.1 Å². The Kier molecular flexibility index (Phi) is 7.82. The molecule has 0 aromatic heterocycles. The van der Waals surface area contributed by atoms with E-state index < -0.39 is 41.5 Å². The maximum Gasteiger partial charge on any atom is 0.338 e. The molecule has 1 saturated carbocycles. The van der Waals surface area contributed by atoms with Crippen LogP contribution in [-0.2, 0) is 28.5 Å². The van der Waals surface area contributed by atoms with Gasteiger partial charge >= 0.3 is 23.9 Å². The summed E-state index contributed by atoms with van der Waals surface area (Å²) in [6, 6.07) is 16.8. The molecule has 0 amide bonds. The molecular formula is C25H26O8. The summed E-state index contributed by atoms with van der Waals surface area (Å²) in [5, 5.41) is 0. The molecule has 1 aliphatic rings. The monoisotopic (exact) mass is 454 g/mol. The number of benzene rings is 2. The molecule has 0 unspecified atom stereocenters. The number of esters is 4. The van der Waals surface area contributed by atoms with E-state index in [1.54, 1.807) is 60.7 Å². The molecule has 174 valence electrons. The topological polar surface area (TPSA) is 105 Å². The van der Waals surface area contributed by atoms with Gasteiger partial charge in [-0.05, 0) is 49.9 Å². The zero-order valence-corrected chi connectivity index (χ0v) is 18.5. The van der Waals surface area contributed by atoms with Crippen LogP contribution in [0.15, 0.2) is 60.7 Å². The Balaban J connectivity index is 1.88. The minimum Gasteiger partial charge on any atom is -0.468 e. The summed E-state index contributed by atoms with van der Waals surface area (Å²) in [5.41, 5.74) is -0.904. The molecule has 3 rings (SSSR count). The minimum atomic E-state index is -1.57. The maximum absolute atomic E-state index is 12.7. The molecule has 0 radical (unpaired) electrons. The fraction of sp³-hybridized carbons (Fsp3) is 0.360. The van der Waals surface area contributed by atoms with E-state index in [2.05, 4.69) is 0 Å². The van der Waals surface area contributed by atoms with Gasteiger partial charge in [-0.3, -0.25) is 9.59 Å². The highest BCUT2D eigenvalue weighted by molar-refractivity contribution is 6.00. The highest BCUT2D eigenvalue weighted by Gasteiger charge is 2.51. The Morgan fingerprint density at radius 2 is 1.03 bits per heavy atom. The van der Waals surface area contributed by atoms with Gasteiger partial charge in [0.2, 0.25) is 0 Å². The van der Waals surface area contributed by atoms with E-state index in [0.717, 1.165) is 0 Å². The quantitative estimate of drug-likeness (QED) is 0.283. The van der Waals surface area contributed by atoms with E-state index in [1.807, 2.05) is 0 Å². The molecule has 0 aliphatic heterocycles. The molecule has 0 N–H and O–H groups in total. The van der Waals surface area contributed by atoms with Crippen LogP contribution in [0.2, 0.25) is 0 Å². The number of carbonyl (C=O) groups is 4. The summed E-state index contributed by atoms with van der Waals surface area (Å²) >= 11 is 0. The summed E-state index contributed by atoms with van der Waals surface area (Å²) in [7, 11) is 2.38. The van der Waals surface area contributed by atoms with Crippen molar-refractivity contribution in [3.63, 3.8) is 0 Å². The molecule has 2 atom stereocenters. The van der Waals surface area contributed by atoms with Crippen LogP contribution in [0.25, 0.3) is 0 Å². The predicted molar refractivity (Wildman–Crippen MR) is 116 cm³/mol. The van der Waals surface area contributed by atoms with E-state index >= 15 is 0 Å². The molecular weight excluding hydrogens is 428 g/mol. The van der Waals surface area contributed by atoms with Gasteiger partial charge in [0.25, 0.3) is 0 Å². The van der Waals surface area contributed by atoms with Crippen LogP contribution in [-0.4, -0.2) is 50.3 Å². The number of rotatable bonds is 6. The maximum atomic E-state index is 12.7. The molecule has 0 saturated heterocycles. The van der Waals surface area contributed by atoms with Crippen LogP contribution in [0.4, 0.5) is 0 Å². The molecule has 2 aromatic carbocycles. The van der Waals surface area contributed by atoms with Crippen molar-refractivity contribution in [1.29, 1.82) is 0 Å². The van der Waals surface area contributed by atoms with E-state index in [1.165, 1.54) is 14.2 Å². The molecule has 0 heterocycles. The summed E-state index contributed by atoms with van der Waals surface area (Å²) in [6.07, 6.45) is -1.54. The number of hydrogen-bond acceptors (Lipinski definition) is 8. The number of methoxy groups -OCH3 is 2. The van der Waals surface area contributed by atoms with Crippen molar-refractivity contribution in [2.24, 2.45) is 5.41 Å². The first-order valence-electron chi connectivity index (χ1n) is 10.6. The fourth-order valence-electron chi connectivity index (χ4n) is 3.99. The van der Waals surface area contributed by atoms with Crippen LogP contribution < -0.4 is 0 Å². The molecule has 8 heteroatoms. The van der Waals surface area contributed by atoms with Gasteiger partial charge < -0.3 is 18.9 Å². The molecule has 2 aromatic rings. The summed E-state index contributed by atoms with van der Waals surface area (Å²) in [6.45, 7) is 0. The third kappa shape index (κ3) is 5.39. The number of ether oxygens (including phenoxy) is 4. The second kappa shape index (κ2) is 10.8. The lowest BCUT2D eigenvalue weighted by atomic mass is 9.80. The highest BCUT2D eigenvalue weighted by atomic mass is 16.6. The molecule has 8 nitrogen and oxygen atoms in total. The first-order valence-corrected chi connectivity index (χ1v) is 10.6. The third-order valence-electron chi connectivity index (χ3n) is 5.81. The van der Waals surface area contributed by atoms with Gasteiger partial charge in [-0.1, -0.05) is 36.4 Å². The number of hydrogen-bond donors (Lipinski definition) is 0.